The van der Waals surface area contributed by atoms with E-state index in [2.05, 4.69) is 36.1 Å². The topological polar surface area (TPSA) is 120 Å². The van der Waals surface area contributed by atoms with Gasteiger partial charge in [0.15, 0.2) is 5.58 Å². The highest BCUT2D eigenvalue weighted by molar-refractivity contribution is 6.14. The molecule has 7 heteroatoms. The Morgan fingerprint density at radius 2 is 2.07 bits per heavy atom. The molecular formula is C23H29N5O2. The average molecular weight is 408 g/mol. The molecule has 1 aliphatic carbocycles. The number of carbonyl (C=O) groups is 1. The molecule has 7 nitrogen and oxygen atoms in total. The van der Waals surface area contributed by atoms with Crippen molar-refractivity contribution in [1.82, 2.24) is 9.97 Å². The Morgan fingerprint density at radius 3 is 2.80 bits per heavy atom. The van der Waals surface area contributed by atoms with Crippen LogP contribution in [0.3, 0.4) is 0 Å². The van der Waals surface area contributed by atoms with Crippen LogP contribution >= 0.6 is 0 Å². The van der Waals surface area contributed by atoms with Crippen molar-refractivity contribution < 1.29 is 9.21 Å². The van der Waals surface area contributed by atoms with Gasteiger partial charge in [0.25, 0.3) is 5.91 Å². The Hall–Kier alpha value is -2.93. The minimum atomic E-state index is -0.349. The molecule has 1 fully saturated rings. The molecular weight excluding hydrogens is 378 g/mol. The first-order chi connectivity index (χ1) is 14.3. The number of rotatable bonds is 4. The van der Waals surface area contributed by atoms with Crippen LogP contribution in [0, 0.1) is 5.92 Å². The number of nitrogens with zero attached hydrogens (tertiary/aromatic N) is 2. The number of nitrogen functional groups attached to an aromatic ring is 1. The van der Waals surface area contributed by atoms with Gasteiger partial charge in [-0.25, -0.2) is 0 Å². The van der Waals surface area contributed by atoms with E-state index < -0.39 is 0 Å². The van der Waals surface area contributed by atoms with E-state index >= 15 is 0 Å². The second-order valence-corrected chi connectivity index (χ2v) is 8.80. The predicted molar refractivity (Wildman–Crippen MR) is 118 cm³/mol. The third-order valence-electron chi connectivity index (χ3n) is 5.99. The summed E-state index contributed by atoms with van der Waals surface area (Å²) in [6.45, 7) is 6.37. The molecule has 1 amide bonds. The number of aromatic nitrogens is 2. The number of hydrogen-bond acceptors (Lipinski definition) is 6. The van der Waals surface area contributed by atoms with Crippen molar-refractivity contribution in [3.8, 4) is 0 Å². The van der Waals surface area contributed by atoms with Gasteiger partial charge in [0, 0.05) is 18.4 Å². The zero-order valence-corrected chi connectivity index (χ0v) is 17.7. The minimum Gasteiger partial charge on any atom is -0.438 e. The van der Waals surface area contributed by atoms with E-state index in [-0.39, 0.29) is 29.3 Å². The first-order valence-corrected chi connectivity index (χ1v) is 10.5. The predicted octanol–water partition coefficient (Wildman–Crippen LogP) is 4.41. The van der Waals surface area contributed by atoms with Crippen molar-refractivity contribution in [2.24, 2.45) is 11.7 Å². The van der Waals surface area contributed by atoms with Gasteiger partial charge < -0.3 is 21.2 Å². The van der Waals surface area contributed by atoms with E-state index in [0.29, 0.717) is 28.6 Å². The molecule has 3 heterocycles. The van der Waals surface area contributed by atoms with Crippen LogP contribution in [0.1, 0.15) is 73.4 Å². The largest absolute Gasteiger partial charge is 0.438 e. The second-order valence-electron chi connectivity index (χ2n) is 8.80. The number of furan rings is 1. The number of hydrogen-bond donors (Lipinski definition) is 3. The standard InChI is InChI=1S/C23H29N5O2/c1-12(2)15-9-19-21(27-10-15)20(22(25)30-19)23(29)28-18-11-26-5-4-17(18)14-6-13(3)7-16(24)8-14/h4-5,9-14,16H,6-8,24-25H2,1-3H3,(H,28,29)/t13-,14?,16?/m1/s1. The highest BCUT2D eigenvalue weighted by Gasteiger charge is 2.28. The lowest BCUT2D eigenvalue weighted by molar-refractivity contribution is 0.102. The van der Waals surface area contributed by atoms with Gasteiger partial charge >= 0.3 is 0 Å². The van der Waals surface area contributed by atoms with E-state index in [1.165, 1.54) is 0 Å². The molecule has 0 radical (unpaired) electrons. The fourth-order valence-electron chi connectivity index (χ4n) is 4.51. The fraction of sp³-hybridized carbons (Fsp3) is 0.435. The Balaban J connectivity index is 1.65. The number of fused-ring (bicyclic) bond motifs is 1. The van der Waals surface area contributed by atoms with Gasteiger partial charge in [0.2, 0.25) is 5.88 Å². The first-order valence-electron chi connectivity index (χ1n) is 10.5. The van der Waals surface area contributed by atoms with Gasteiger partial charge in [-0.05, 0) is 60.3 Å². The number of nitrogens with one attached hydrogen (secondary N) is 1. The Morgan fingerprint density at radius 1 is 1.27 bits per heavy atom. The van der Waals surface area contributed by atoms with Crippen LogP contribution in [0.2, 0.25) is 0 Å². The van der Waals surface area contributed by atoms with Crippen LogP contribution in [-0.2, 0) is 0 Å². The minimum absolute atomic E-state index is 0.0645. The summed E-state index contributed by atoms with van der Waals surface area (Å²) in [4.78, 5) is 21.8. The number of nitrogens with two attached hydrogens (primary N) is 2. The molecule has 1 aliphatic rings. The molecule has 2 unspecified atom stereocenters. The Kier molecular flexibility index (Phi) is 5.47. The lowest BCUT2D eigenvalue weighted by Gasteiger charge is -2.32. The van der Waals surface area contributed by atoms with Crippen molar-refractivity contribution in [3.05, 3.63) is 47.4 Å². The molecule has 3 atom stereocenters. The van der Waals surface area contributed by atoms with Crippen LogP contribution in [0.5, 0.6) is 0 Å². The van der Waals surface area contributed by atoms with Crippen molar-refractivity contribution in [3.63, 3.8) is 0 Å². The fourth-order valence-corrected chi connectivity index (χ4v) is 4.51. The van der Waals surface area contributed by atoms with Gasteiger partial charge in [-0.2, -0.15) is 0 Å². The lowest BCUT2D eigenvalue weighted by Crippen LogP contribution is -2.31. The van der Waals surface area contributed by atoms with Crippen molar-refractivity contribution in [1.29, 1.82) is 0 Å². The summed E-state index contributed by atoms with van der Waals surface area (Å²) in [5, 5.41) is 2.99. The van der Waals surface area contributed by atoms with Crippen LogP contribution in [-0.4, -0.2) is 21.9 Å². The molecule has 0 bridgehead atoms. The Labute approximate surface area is 176 Å². The summed E-state index contributed by atoms with van der Waals surface area (Å²) >= 11 is 0. The molecule has 5 N–H and O–H groups in total. The van der Waals surface area contributed by atoms with E-state index in [0.717, 1.165) is 30.4 Å². The zero-order valence-electron chi connectivity index (χ0n) is 17.7. The molecule has 1 saturated carbocycles. The second kappa shape index (κ2) is 8.07. The van der Waals surface area contributed by atoms with Crippen molar-refractivity contribution in [2.75, 3.05) is 11.1 Å². The van der Waals surface area contributed by atoms with E-state index in [9.17, 15) is 4.79 Å². The van der Waals surface area contributed by atoms with E-state index in [1.54, 1.807) is 18.6 Å². The quantitative estimate of drug-likeness (QED) is 0.589. The molecule has 3 aromatic rings. The summed E-state index contributed by atoms with van der Waals surface area (Å²) in [5.41, 5.74) is 16.3. The van der Waals surface area contributed by atoms with Crippen molar-refractivity contribution in [2.45, 2.75) is 57.9 Å². The number of carbonyl (C=O) groups excluding carboxylic acids is 1. The molecule has 0 saturated heterocycles. The lowest BCUT2D eigenvalue weighted by atomic mass is 9.76. The van der Waals surface area contributed by atoms with E-state index in [1.807, 2.05) is 12.1 Å². The number of pyridine rings is 2. The molecule has 30 heavy (non-hydrogen) atoms. The molecule has 0 aliphatic heterocycles. The van der Waals surface area contributed by atoms with Gasteiger partial charge in [-0.15, -0.1) is 0 Å². The molecule has 3 aromatic heterocycles. The third-order valence-corrected chi connectivity index (χ3v) is 5.99. The number of anilines is 2. The van der Waals surface area contributed by atoms with Crippen LogP contribution in [0.25, 0.3) is 11.1 Å². The summed E-state index contributed by atoms with van der Waals surface area (Å²) in [5.74, 6) is 0.844. The maximum Gasteiger partial charge on any atom is 0.263 e. The van der Waals surface area contributed by atoms with Crippen molar-refractivity contribution >= 4 is 28.6 Å². The molecule has 158 valence electrons. The van der Waals surface area contributed by atoms with E-state index in [4.69, 9.17) is 15.9 Å². The summed E-state index contributed by atoms with van der Waals surface area (Å²) < 4.78 is 5.65. The molecule has 0 aromatic carbocycles. The molecule has 4 rings (SSSR count). The molecule has 0 spiro atoms. The highest BCUT2D eigenvalue weighted by atomic mass is 16.3. The smallest absolute Gasteiger partial charge is 0.263 e. The SMILES string of the molecule is CC(C)c1cnc2c(C(=O)Nc3cnccc3C3CC(N)C[C@H](C)C3)c(N)oc2c1. The van der Waals surface area contributed by atoms with Crippen LogP contribution < -0.4 is 16.8 Å². The highest BCUT2D eigenvalue weighted by Crippen LogP contribution is 2.38. The zero-order chi connectivity index (χ0) is 21.4. The number of amides is 1. The van der Waals surface area contributed by atoms with Gasteiger partial charge in [-0.3, -0.25) is 14.8 Å². The third kappa shape index (κ3) is 3.89. The van der Waals surface area contributed by atoms with Crippen LogP contribution in [0.15, 0.2) is 35.1 Å². The summed E-state index contributed by atoms with van der Waals surface area (Å²) in [6, 6.07) is 4.03. The monoisotopic (exact) mass is 407 g/mol. The normalized spacial score (nSPS) is 21.8. The van der Waals surface area contributed by atoms with Gasteiger partial charge in [0.1, 0.15) is 11.1 Å². The van der Waals surface area contributed by atoms with Gasteiger partial charge in [-0.1, -0.05) is 20.8 Å². The first kappa shape index (κ1) is 20.3. The average Bonchev–Trinajstić information content (AvgIpc) is 3.02. The summed E-state index contributed by atoms with van der Waals surface area (Å²) in [7, 11) is 0. The maximum absolute atomic E-state index is 13.1. The summed E-state index contributed by atoms with van der Waals surface area (Å²) in [6.07, 6.45) is 8.17. The van der Waals surface area contributed by atoms with Gasteiger partial charge in [0.05, 0.1) is 11.9 Å². The van der Waals surface area contributed by atoms with Crippen LogP contribution in [0.4, 0.5) is 11.6 Å². The maximum atomic E-state index is 13.1. The Bertz CT molecular complexity index is 1060.